The fourth-order valence-corrected chi connectivity index (χ4v) is 5.15. The third-order valence-electron chi connectivity index (χ3n) is 5.64. The normalized spacial score (nSPS) is 13.7. The second-order valence-electron chi connectivity index (χ2n) is 7.91. The summed E-state index contributed by atoms with van der Waals surface area (Å²) in [6.45, 7) is 0.466. The standard InChI is InChI=1S/C25H26N2O3S/c1-31(29,30)27-16-8-13-21-14-15-22(17-24(21)27)26-25(28)18-23(19-9-4-2-5-10-19)20-11-6-3-7-12-20/h2-7,9-12,14-15,17,23H,8,13,16,18H2,1H3,(H,26,28). The van der Waals surface area contributed by atoms with Crippen LogP contribution in [0.3, 0.4) is 0 Å². The predicted molar refractivity (Wildman–Crippen MR) is 125 cm³/mol. The predicted octanol–water partition coefficient (Wildman–Crippen LogP) is 4.56. The highest BCUT2D eigenvalue weighted by atomic mass is 32.2. The van der Waals surface area contributed by atoms with E-state index in [2.05, 4.69) is 5.32 Å². The van der Waals surface area contributed by atoms with Crippen LogP contribution in [0.5, 0.6) is 0 Å². The fraction of sp³-hybridized carbons (Fsp3) is 0.240. The van der Waals surface area contributed by atoms with E-state index in [0.717, 1.165) is 29.5 Å². The van der Waals surface area contributed by atoms with E-state index >= 15 is 0 Å². The summed E-state index contributed by atoms with van der Waals surface area (Å²) in [6.07, 6.45) is 3.14. The van der Waals surface area contributed by atoms with Gasteiger partial charge in [-0.25, -0.2) is 8.42 Å². The summed E-state index contributed by atoms with van der Waals surface area (Å²) in [6, 6.07) is 25.5. The van der Waals surface area contributed by atoms with Crippen molar-refractivity contribution in [2.45, 2.75) is 25.2 Å². The van der Waals surface area contributed by atoms with E-state index in [1.54, 1.807) is 6.07 Å². The van der Waals surface area contributed by atoms with Crippen molar-refractivity contribution >= 4 is 27.3 Å². The Balaban J connectivity index is 1.56. The van der Waals surface area contributed by atoms with Crippen LogP contribution in [0, 0.1) is 0 Å². The van der Waals surface area contributed by atoms with Gasteiger partial charge in [-0.1, -0.05) is 66.7 Å². The highest BCUT2D eigenvalue weighted by Crippen LogP contribution is 2.32. The van der Waals surface area contributed by atoms with Gasteiger partial charge in [-0.15, -0.1) is 0 Å². The van der Waals surface area contributed by atoms with Crippen molar-refractivity contribution in [2.75, 3.05) is 22.4 Å². The molecule has 0 aliphatic carbocycles. The molecule has 1 amide bonds. The van der Waals surface area contributed by atoms with Crippen LogP contribution in [0.4, 0.5) is 11.4 Å². The molecule has 0 saturated carbocycles. The molecule has 0 aromatic heterocycles. The van der Waals surface area contributed by atoms with Crippen LogP contribution in [-0.2, 0) is 21.2 Å². The van der Waals surface area contributed by atoms with Crippen molar-refractivity contribution in [1.29, 1.82) is 0 Å². The third kappa shape index (κ3) is 4.97. The molecule has 4 rings (SSSR count). The Hall–Kier alpha value is -3.12. The van der Waals surface area contributed by atoms with Crippen molar-refractivity contribution in [1.82, 2.24) is 0 Å². The average Bonchev–Trinajstić information content (AvgIpc) is 2.77. The summed E-state index contributed by atoms with van der Waals surface area (Å²) in [5, 5.41) is 2.97. The second kappa shape index (κ2) is 8.94. The van der Waals surface area contributed by atoms with Crippen molar-refractivity contribution in [2.24, 2.45) is 0 Å². The number of anilines is 2. The van der Waals surface area contributed by atoms with Crippen molar-refractivity contribution in [3.63, 3.8) is 0 Å². The van der Waals surface area contributed by atoms with Gasteiger partial charge in [-0.3, -0.25) is 9.10 Å². The Morgan fingerprint density at radius 1 is 0.968 bits per heavy atom. The molecule has 1 aliphatic heterocycles. The van der Waals surface area contributed by atoms with Crippen LogP contribution < -0.4 is 9.62 Å². The first kappa shape index (κ1) is 21.1. The average molecular weight is 435 g/mol. The number of aryl methyl sites for hydroxylation is 1. The van der Waals surface area contributed by atoms with E-state index in [1.807, 2.05) is 72.8 Å². The maximum absolute atomic E-state index is 13.0. The van der Waals surface area contributed by atoms with Gasteiger partial charge in [-0.2, -0.15) is 0 Å². The Morgan fingerprint density at radius 3 is 2.16 bits per heavy atom. The Kier molecular flexibility index (Phi) is 6.09. The first-order valence-corrected chi connectivity index (χ1v) is 12.3. The minimum absolute atomic E-state index is 0.0625. The summed E-state index contributed by atoms with van der Waals surface area (Å²) in [4.78, 5) is 13.0. The van der Waals surface area contributed by atoms with Crippen LogP contribution in [0.2, 0.25) is 0 Å². The maximum Gasteiger partial charge on any atom is 0.232 e. The molecule has 1 N–H and O–H groups in total. The van der Waals surface area contributed by atoms with E-state index in [4.69, 9.17) is 0 Å². The van der Waals surface area contributed by atoms with Gasteiger partial charge < -0.3 is 5.32 Å². The number of hydrogen-bond donors (Lipinski definition) is 1. The molecule has 0 atom stereocenters. The molecule has 5 nitrogen and oxygen atoms in total. The van der Waals surface area contributed by atoms with Gasteiger partial charge in [0.15, 0.2) is 0 Å². The molecule has 160 valence electrons. The summed E-state index contributed by atoms with van der Waals surface area (Å²) in [5.41, 5.74) is 4.42. The van der Waals surface area contributed by atoms with Gasteiger partial charge in [0.05, 0.1) is 11.9 Å². The SMILES string of the molecule is CS(=O)(=O)N1CCCc2ccc(NC(=O)CC(c3ccccc3)c3ccccc3)cc21. The van der Waals surface area contributed by atoms with Crippen LogP contribution in [0.25, 0.3) is 0 Å². The highest BCUT2D eigenvalue weighted by molar-refractivity contribution is 7.92. The number of benzene rings is 3. The molecule has 3 aromatic rings. The Labute approximate surface area is 183 Å². The molecule has 0 fully saturated rings. The smallest absolute Gasteiger partial charge is 0.232 e. The largest absolute Gasteiger partial charge is 0.326 e. The molecule has 6 heteroatoms. The molecule has 1 heterocycles. The van der Waals surface area contributed by atoms with Gasteiger partial charge in [-0.05, 0) is 41.7 Å². The van der Waals surface area contributed by atoms with Crippen molar-refractivity contribution in [3.8, 4) is 0 Å². The number of nitrogens with one attached hydrogen (secondary N) is 1. The van der Waals surface area contributed by atoms with Gasteiger partial charge >= 0.3 is 0 Å². The van der Waals surface area contributed by atoms with Crippen LogP contribution in [0.1, 0.15) is 35.4 Å². The van der Waals surface area contributed by atoms with Crippen LogP contribution >= 0.6 is 0 Å². The summed E-state index contributed by atoms with van der Waals surface area (Å²) >= 11 is 0. The Bertz CT molecular complexity index is 1120. The monoisotopic (exact) mass is 434 g/mol. The van der Waals surface area contributed by atoms with Gasteiger partial charge in [0.25, 0.3) is 0 Å². The van der Waals surface area contributed by atoms with Crippen molar-refractivity contribution in [3.05, 3.63) is 95.6 Å². The number of nitrogens with zero attached hydrogens (tertiary/aromatic N) is 1. The number of sulfonamides is 1. The van der Waals surface area contributed by atoms with E-state index in [9.17, 15) is 13.2 Å². The lowest BCUT2D eigenvalue weighted by atomic mass is 9.88. The van der Waals surface area contributed by atoms with Gasteiger partial charge in [0.1, 0.15) is 0 Å². The lowest BCUT2D eigenvalue weighted by Gasteiger charge is -2.29. The molecule has 0 saturated heterocycles. The van der Waals surface area contributed by atoms with Gasteiger partial charge in [0.2, 0.25) is 15.9 Å². The quantitative estimate of drug-likeness (QED) is 0.618. The minimum Gasteiger partial charge on any atom is -0.326 e. The molecule has 0 bridgehead atoms. The maximum atomic E-state index is 13.0. The lowest BCUT2D eigenvalue weighted by molar-refractivity contribution is -0.116. The zero-order valence-corrected chi connectivity index (χ0v) is 18.3. The number of amides is 1. The summed E-state index contributed by atoms with van der Waals surface area (Å²) in [5.74, 6) is -0.174. The van der Waals surface area contributed by atoms with Crippen LogP contribution in [0.15, 0.2) is 78.9 Å². The van der Waals surface area contributed by atoms with E-state index in [1.165, 1.54) is 10.6 Å². The number of carbonyl (C=O) groups excluding carboxylic acids is 1. The first-order chi connectivity index (χ1) is 14.9. The lowest BCUT2D eigenvalue weighted by Crippen LogP contribution is -2.34. The zero-order chi connectivity index (χ0) is 21.8. The summed E-state index contributed by atoms with van der Waals surface area (Å²) in [7, 11) is -3.35. The van der Waals surface area contributed by atoms with Crippen molar-refractivity contribution < 1.29 is 13.2 Å². The Morgan fingerprint density at radius 2 is 1.58 bits per heavy atom. The molecular formula is C25H26N2O3S. The molecule has 3 aromatic carbocycles. The van der Waals surface area contributed by atoms with E-state index in [-0.39, 0.29) is 11.8 Å². The molecular weight excluding hydrogens is 408 g/mol. The second-order valence-corrected chi connectivity index (χ2v) is 9.82. The highest BCUT2D eigenvalue weighted by Gasteiger charge is 2.25. The zero-order valence-electron chi connectivity index (χ0n) is 17.5. The van der Waals surface area contributed by atoms with E-state index in [0.29, 0.717) is 24.3 Å². The number of rotatable bonds is 6. The minimum atomic E-state index is -3.35. The van der Waals surface area contributed by atoms with Crippen LogP contribution in [-0.4, -0.2) is 27.1 Å². The topological polar surface area (TPSA) is 66.5 Å². The number of hydrogen-bond acceptors (Lipinski definition) is 3. The molecule has 0 spiro atoms. The van der Waals surface area contributed by atoms with E-state index < -0.39 is 10.0 Å². The molecule has 0 unspecified atom stereocenters. The third-order valence-corrected chi connectivity index (χ3v) is 6.82. The molecule has 31 heavy (non-hydrogen) atoms. The van der Waals surface area contributed by atoms with Gasteiger partial charge in [0, 0.05) is 24.6 Å². The first-order valence-electron chi connectivity index (χ1n) is 10.4. The number of fused-ring (bicyclic) bond motifs is 1. The summed E-state index contributed by atoms with van der Waals surface area (Å²) < 4.78 is 25.8. The molecule has 0 radical (unpaired) electrons. The fourth-order valence-electron chi connectivity index (χ4n) is 4.16. The molecule has 1 aliphatic rings. The number of carbonyl (C=O) groups is 1.